The Morgan fingerprint density at radius 1 is 0.765 bits per heavy atom. The quantitative estimate of drug-likeness (QED) is 0.558. The van der Waals surface area contributed by atoms with Crippen LogP contribution in [-0.4, -0.2) is 0 Å². The molecule has 0 amide bonds. The molecule has 0 unspecified atom stereocenters. The lowest BCUT2D eigenvalue weighted by Crippen LogP contribution is -1.86. The highest BCUT2D eigenvalue weighted by Gasteiger charge is 2.13. The fourth-order valence-electron chi connectivity index (χ4n) is 1.46. The van der Waals surface area contributed by atoms with Gasteiger partial charge in [-0.3, -0.25) is 0 Å². The molecule has 5 heteroatoms. The Hall–Kier alpha value is -0.470. The van der Waals surface area contributed by atoms with Gasteiger partial charge in [-0.25, -0.2) is 4.39 Å². The molecular weight excluding hydrogens is 305 g/mol. The van der Waals surface area contributed by atoms with Gasteiger partial charge in [0, 0.05) is 26.2 Å². The van der Waals surface area contributed by atoms with Gasteiger partial charge in [-0.2, -0.15) is 0 Å². The lowest BCUT2D eigenvalue weighted by molar-refractivity contribution is 0.629. The molecule has 0 fully saturated rings. The molecule has 88 valence electrons. The second-order valence-corrected chi connectivity index (χ2v) is 5.03. The average Bonchev–Trinajstić information content (AvgIpc) is 2.24. The zero-order chi connectivity index (χ0) is 12.6. The monoisotopic (exact) mass is 308 g/mol. The molecule has 0 heterocycles. The summed E-state index contributed by atoms with van der Waals surface area (Å²) in [6, 6.07) is 7.59. The summed E-state index contributed by atoms with van der Waals surface area (Å²) < 4.78 is 13.5. The maximum absolute atomic E-state index is 13.5. The van der Waals surface area contributed by atoms with Crippen LogP contribution in [0.15, 0.2) is 30.3 Å². The van der Waals surface area contributed by atoms with E-state index in [0.717, 1.165) is 6.07 Å². The summed E-state index contributed by atoms with van der Waals surface area (Å²) in [6.07, 6.45) is 0. The van der Waals surface area contributed by atoms with Gasteiger partial charge in [0.15, 0.2) is 0 Å². The second kappa shape index (κ2) is 5.03. The van der Waals surface area contributed by atoms with Crippen LogP contribution in [0.1, 0.15) is 0 Å². The fraction of sp³-hybridized carbons (Fsp3) is 0. The molecule has 0 aromatic heterocycles. The molecule has 0 nitrogen and oxygen atoms in total. The van der Waals surface area contributed by atoms with E-state index in [1.165, 1.54) is 0 Å². The molecule has 0 saturated heterocycles. The van der Waals surface area contributed by atoms with Crippen LogP contribution in [0.4, 0.5) is 4.39 Å². The van der Waals surface area contributed by atoms with E-state index in [9.17, 15) is 4.39 Å². The molecule has 17 heavy (non-hydrogen) atoms. The van der Waals surface area contributed by atoms with E-state index in [0.29, 0.717) is 21.2 Å². The Morgan fingerprint density at radius 3 is 2.12 bits per heavy atom. The molecule has 0 atom stereocenters. The topological polar surface area (TPSA) is 0 Å². The first-order valence-corrected chi connectivity index (χ1v) is 6.10. The van der Waals surface area contributed by atoms with E-state index in [1.54, 1.807) is 24.3 Å². The Labute approximate surface area is 118 Å². The molecule has 0 radical (unpaired) electrons. The lowest BCUT2D eigenvalue weighted by atomic mass is 10.1. The fourth-order valence-corrected chi connectivity index (χ4v) is 2.39. The molecule has 0 aliphatic heterocycles. The SMILES string of the molecule is Fc1cc(Cl)cc(-c2ccc(Cl)cc2Cl)c1Cl. The Balaban J connectivity index is 2.68. The van der Waals surface area contributed by atoms with Crippen LogP contribution in [0, 0.1) is 5.82 Å². The van der Waals surface area contributed by atoms with Crippen molar-refractivity contribution < 1.29 is 4.39 Å². The van der Waals surface area contributed by atoms with Gasteiger partial charge < -0.3 is 0 Å². The van der Waals surface area contributed by atoms with Crippen LogP contribution in [0.25, 0.3) is 11.1 Å². The molecule has 0 spiro atoms. The lowest BCUT2D eigenvalue weighted by Gasteiger charge is -2.08. The summed E-state index contributed by atoms with van der Waals surface area (Å²) in [4.78, 5) is 0. The molecule has 2 aromatic rings. The molecule has 0 N–H and O–H groups in total. The first kappa shape index (κ1) is 13.0. The van der Waals surface area contributed by atoms with E-state index >= 15 is 0 Å². The van der Waals surface area contributed by atoms with Crippen molar-refractivity contribution in [3.63, 3.8) is 0 Å². The number of hydrogen-bond acceptors (Lipinski definition) is 0. The number of benzene rings is 2. The number of halogens is 5. The van der Waals surface area contributed by atoms with Crippen molar-refractivity contribution in [2.24, 2.45) is 0 Å². The first-order valence-electron chi connectivity index (χ1n) is 4.59. The molecule has 2 rings (SSSR count). The first-order chi connectivity index (χ1) is 7.99. The van der Waals surface area contributed by atoms with Crippen LogP contribution in [0.2, 0.25) is 20.1 Å². The van der Waals surface area contributed by atoms with Crippen LogP contribution in [0.5, 0.6) is 0 Å². The third-order valence-electron chi connectivity index (χ3n) is 2.21. The molecular formula is C12H5Cl4F. The van der Waals surface area contributed by atoms with Gasteiger partial charge in [0.25, 0.3) is 0 Å². The van der Waals surface area contributed by atoms with Gasteiger partial charge >= 0.3 is 0 Å². The van der Waals surface area contributed by atoms with E-state index in [4.69, 9.17) is 46.4 Å². The highest BCUT2D eigenvalue weighted by atomic mass is 35.5. The summed E-state index contributed by atoms with van der Waals surface area (Å²) in [5.41, 5.74) is 1.03. The molecule has 0 saturated carbocycles. The van der Waals surface area contributed by atoms with Crippen molar-refractivity contribution in [3.8, 4) is 11.1 Å². The Morgan fingerprint density at radius 2 is 1.47 bits per heavy atom. The summed E-state index contributed by atoms with van der Waals surface area (Å²) in [5, 5.41) is 1.13. The average molecular weight is 310 g/mol. The summed E-state index contributed by atoms with van der Waals surface area (Å²) in [5.74, 6) is -0.583. The Bertz CT molecular complexity index is 581. The maximum Gasteiger partial charge on any atom is 0.143 e. The molecule has 0 aliphatic rings. The summed E-state index contributed by atoms with van der Waals surface area (Å²) >= 11 is 23.5. The number of rotatable bonds is 1. The minimum absolute atomic E-state index is 0.0152. The minimum atomic E-state index is -0.583. The van der Waals surface area contributed by atoms with E-state index in [2.05, 4.69) is 0 Å². The van der Waals surface area contributed by atoms with Crippen LogP contribution >= 0.6 is 46.4 Å². The van der Waals surface area contributed by atoms with Gasteiger partial charge in [-0.05, 0) is 24.3 Å². The highest BCUT2D eigenvalue weighted by molar-refractivity contribution is 6.39. The van der Waals surface area contributed by atoms with Crippen LogP contribution in [-0.2, 0) is 0 Å². The molecule has 2 aromatic carbocycles. The van der Waals surface area contributed by atoms with Crippen molar-refractivity contribution in [3.05, 3.63) is 56.2 Å². The summed E-state index contributed by atoms with van der Waals surface area (Å²) in [7, 11) is 0. The smallest absolute Gasteiger partial charge is 0.143 e. The van der Waals surface area contributed by atoms with Crippen LogP contribution in [0.3, 0.4) is 0 Å². The zero-order valence-electron chi connectivity index (χ0n) is 8.28. The largest absolute Gasteiger partial charge is 0.205 e. The van der Waals surface area contributed by atoms with Gasteiger partial charge in [-0.1, -0.05) is 52.5 Å². The highest BCUT2D eigenvalue weighted by Crippen LogP contribution is 2.37. The van der Waals surface area contributed by atoms with Gasteiger partial charge in [-0.15, -0.1) is 0 Å². The van der Waals surface area contributed by atoms with Crippen molar-refractivity contribution in [2.45, 2.75) is 0 Å². The van der Waals surface area contributed by atoms with E-state index in [-0.39, 0.29) is 10.0 Å². The van der Waals surface area contributed by atoms with E-state index in [1.807, 2.05) is 0 Å². The third kappa shape index (κ3) is 2.69. The molecule has 0 aliphatic carbocycles. The normalized spacial score (nSPS) is 10.6. The predicted molar refractivity (Wildman–Crippen MR) is 71.9 cm³/mol. The Kier molecular flexibility index (Phi) is 3.84. The minimum Gasteiger partial charge on any atom is -0.205 e. The van der Waals surface area contributed by atoms with Gasteiger partial charge in [0.05, 0.1) is 5.02 Å². The van der Waals surface area contributed by atoms with Gasteiger partial charge in [0.1, 0.15) is 5.82 Å². The third-order valence-corrected chi connectivity index (χ3v) is 3.36. The predicted octanol–water partition coefficient (Wildman–Crippen LogP) is 6.11. The van der Waals surface area contributed by atoms with Crippen LogP contribution < -0.4 is 0 Å². The van der Waals surface area contributed by atoms with Crippen molar-refractivity contribution in [1.82, 2.24) is 0 Å². The maximum atomic E-state index is 13.5. The van der Waals surface area contributed by atoms with E-state index < -0.39 is 5.82 Å². The van der Waals surface area contributed by atoms with Gasteiger partial charge in [0.2, 0.25) is 0 Å². The van der Waals surface area contributed by atoms with Crippen molar-refractivity contribution in [2.75, 3.05) is 0 Å². The van der Waals surface area contributed by atoms with Crippen molar-refractivity contribution >= 4 is 46.4 Å². The standard InChI is InChI=1S/C12H5Cl4F/c13-6-1-2-8(10(15)4-6)9-3-7(14)5-11(17)12(9)16/h1-5H. The summed E-state index contributed by atoms with van der Waals surface area (Å²) in [6.45, 7) is 0. The number of hydrogen-bond donors (Lipinski definition) is 0. The molecule has 0 bridgehead atoms. The van der Waals surface area contributed by atoms with Crippen molar-refractivity contribution in [1.29, 1.82) is 0 Å². The zero-order valence-corrected chi connectivity index (χ0v) is 11.3. The second-order valence-electron chi connectivity index (χ2n) is 3.37.